The van der Waals surface area contributed by atoms with Crippen molar-refractivity contribution in [2.45, 2.75) is 33.0 Å². The topological polar surface area (TPSA) is 46.6 Å². The Kier molecular flexibility index (Phi) is 3.03. The molecule has 0 aromatic carbocycles. The fourth-order valence-electron chi connectivity index (χ4n) is 1.57. The van der Waals surface area contributed by atoms with Gasteiger partial charge in [0, 0.05) is 20.0 Å². The van der Waals surface area contributed by atoms with E-state index in [1.54, 1.807) is 4.90 Å². The molecule has 1 amide bonds. The Labute approximate surface area is 77.8 Å². The monoisotopic (exact) mass is 185 g/mol. The molecule has 0 aromatic rings. The minimum absolute atomic E-state index is 0.0204. The van der Waals surface area contributed by atoms with Gasteiger partial charge in [0.25, 0.3) is 5.91 Å². The van der Waals surface area contributed by atoms with Crippen molar-refractivity contribution < 1.29 is 14.3 Å². The van der Waals surface area contributed by atoms with Gasteiger partial charge >= 0.3 is 0 Å². The van der Waals surface area contributed by atoms with Crippen molar-refractivity contribution in [3.8, 4) is 0 Å². The number of hydrogen-bond acceptors (Lipinski definition) is 3. The van der Waals surface area contributed by atoms with Crippen LogP contribution in [0.15, 0.2) is 0 Å². The first-order chi connectivity index (χ1) is 6.00. The molecule has 2 atom stereocenters. The van der Waals surface area contributed by atoms with Gasteiger partial charge in [-0.1, -0.05) is 0 Å². The van der Waals surface area contributed by atoms with E-state index in [0.29, 0.717) is 13.1 Å². The number of carbonyl (C=O) groups is 2. The summed E-state index contributed by atoms with van der Waals surface area (Å²) in [5, 5.41) is 0. The van der Waals surface area contributed by atoms with Crippen LogP contribution in [0.2, 0.25) is 0 Å². The van der Waals surface area contributed by atoms with Crippen molar-refractivity contribution in [2.75, 3.05) is 13.1 Å². The summed E-state index contributed by atoms with van der Waals surface area (Å²) in [6.45, 7) is 6.13. The number of hydrogen-bond donors (Lipinski definition) is 0. The second kappa shape index (κ2) is 3.87. The molecular formula is C9H15NO3. The average Bonchev–Trinajstić information content (AvgIpc) is 2.01. The number of ether oxygens (including phenoxy) is 1. The lowest BCUT2D eigenvalue weighted by molar-refractivity contribution is -0.151. The molecule has 1 fully saturated rings. The average molecular weight is 185 g/mol. The SMILES string of the molecule is CC(=O)C(=O)N1C[C@@H](C)O[C@@H](C)C1. The molecule has 74 valence electrons. The van der Waals surface area contributed by atoms with E-state index >= 15 is 0 Å². The summed E-state index contributed by atoms with van der Waals surface area (Å²) < 4.78 is 5.44. The normalized spacial score (nSPS) is 28.7. The number of Topliss-reactive ketones (excluding diaryl/α,β-unsaturated/α-hetero) is 1. The molecule has 1 aliphatic rings. The van der Waals surface area contributed by atoms with E-state index in [9.17, 15) is 9.59 Å². The highest BCUT2D eigenvalue weighted by Gasteiger charge is 2.27. The van der Waals surface area contributed by atoms with E-state index in [1.165, 1.54) is 6.92 Å². The van der Waals surface area contributed by atoms with Crippen molar-refractivity contribution in [3.63, 3.8) is 0 Å². The Morgan fingerprint density at radius 1 is 1.23 bits per heavy atom. The summed E-state index contributed by atoms with van der Waals surface area (Å²) in [7, 11) is 0. The van der Waals surface area contributed by atoms with Crippen LogP contribution in [0.5, 0.6) is 0 Å². The number of morpholine rings is 1. The first-order valence-corrected chi connectivity index (χ1v) is 4.46. The van der Waals surface area contributed by atoms with Crippen molar-refractivity contribution in [1.82, 2.24) is 4.90 Å². The van der Waals surface area contributed by atoms with Crippen molar-refractivity contribution in [1.29, 1.82) is 0 Å². The Bertz CT molecular complexity index is 217. The van der Waals surface area contributed by atoms with Gasteiger partial charge in [0.1, 0.15) is 0 Å². The standard InChI is InChI=1S/C9H15NO3/c1-6-4-10(5-7(2)13-6)9(12)8(3)11/h6-7H,4-5H2,1-3H3/t6-,7+. The van der Waals surface area contributed by atoms with Gasteiger partial charge in [-0.15, -0.1) is 0 Å². The molecule has 4 heteroatoms. The molecule has 1 rings (SSSR count). The quantitative estimate of drug-likeness (QED) is 0.549. The number of carbonyl (C=O) groups excluding carboxylic acids is 2. The summed E-state index contributed by atoms with van der Waals surface area (Å²) in [6, 6.07) is 0. The molecule has 0 radical (unpaired) electrons. The lowest BCUT2D eigenvalue weighted by atomic mass is 10.2. The van der Waals surface area contributed by atoms with E-state index in [-0.39, 0.29) is 12.2 Å². The Hall–Kier alpha value is -0.900. The van der Waals surface area contributed by atoms with Crippen molar-refractivity contribution in [3.05, 3.63) is 0 Å². The largest absolute Gasteiger partial charge is 0.372 e. The van der Waals surface area contributed by atoms with Crippen LogP contribution < -0.4 is 0 Å². The van der Waals surface area contributed by atoms with Crippen LogP contribution in [-0.4, -0.2) is 41.9 Å². The lowest BCUT2D eigenvalue weighted by Gasteiger charge is -2.34. The minimum atomic E-state index is -0.402. The number of nitrogens with zero attached hydrogens (tertiary/aromatic N) is 1. The molecule has 1 saturated heterocycles. The van der Waals surface area contributed by atoms with Crippen LogP contribution in [0.25, 0.3) is 0 Å². The fourth-order valence-corrected chi connectivity index (χ4v) is 1.57. The molecule has 1 heterocycles. The third kappa shape index (κ3) is 2.52. The van der Waals surface area contributed by atoms with E-state index in [2.05, 4.69) is 0 Å². The lowest BCUT2D eigenvalue weighted by Crippen LogP contribution is -2.49. The second-order valence-corrected chi connectivity index (χ2v) is 3.52. The Balaban J connectivity index is 2.60. The number of ketones is 1. The summed E-state index contributed by atoms with van der Waals surface area (Å²) >= 11 is 0. The highest BCUT2D eigenvalue weighted by Crippen LogP contribution is 2.10. The first-order valence-electron chi connectivity index (χ1n) is 4.46. The Morgan fingerprint density at radius 2 is 1.69 bits per heavy atom. The van der Waals surface area contributed by atoms with E-state index in [0.717, 1.165) is 0 Å². The van der Waals surface area contributed by atoms with Gasteiger partial charge in [0.05, 0.1) is 12.2 Å². The van der Waals surface area contributed by atoms with E-state index < -0.39 is 11.7 Å². The zero-order chi connectivity index (χ0) is 10.0. The number of amides is 1. The highest BCUT2D eigenvalue weighted by atomic mass is 16.5. The van der Waals surface area contributed by atoms with Gasteiger partial charge in [-0.05, 0) is 13.8 Å². The van der Waals surface area contributed by atoms with Crippen molar-refractivity contribution in [2.24, 2.45) is 0 Å². The molecule has 13 heavy (non-hydrogen) atoms. The van der Waals surface area contributed by atoms with Crippen LogP contribution in [0.1, 0.15) is 20.8 Å². The number of rotatable bonds is 1. The van der Waals surface area contributed by atoms with Crippen molar-refractivity contribution >= 4 is 11.7 Å². The maximum Gasteiger partial charge on any atom is 0.289 e. The van der Waals surface area contributed by atoms with Gasteiger partial charge in [-0.2, -0.15) is 0 Å². The fraction of sp³-hybridized carbons (Fsp3) is 0.778. The molecule has 0 aromatic heterocycles. The predicted octanol–water partition coefficient (Wildman–Crippen LogP) is 0.211. The van der Waals surface area contributed by atoms with Gasteiger partial charge in [0.15, 0.2) is 0 Å². The third-order valence-corrected chi connectivity index (χ3v) is 2.01. The zero-order valence-electron chi connectivity index (χ0n) is 8.24. The molecule has 1 aliphatic heterocycles. The summed E-state index contributed by atoms with van der Waals surface area (Å²) in [6.07, 6.45) is 0.0408. The van der Waals surface area contributed by atoms with Gasteiger partial charge < -0.3 is 9.64 Å². The zero-order valence-corrected chi connectivity index (χ0v) is 8.24. The third-order valence-electron chi connectivity index (χ3n) is 2.01. The van der Waals surface area contributed by atoms with Crippen LogP contribution >= 0.6 is 0 Å². The summed E-state index contributed by atoms with van der Waals surface area (Å²) in [5.74, 6) is -0.802. The van der Waals surface area contributed by atoms with Crippen LogP contribution in [0, 0.1) is 0 Å². The van der Waals surface area contributed by atoms with Gasteiger partial charge in [-0.25, -0.2) is 0 Å². The van der Waals surface area contributed by atoms with E-state index in [4.69, 9.17) is 4.74 Å². The molecule has 4 nitrogen and oxygen atoms in total. The van der Waals surface area contributed by atoms with Gasteiger partial charge in [0.2, 0.25) is 5.78 Å². The van der Waals surface area contributed by atoms with Gasteiger partial charge in [-0.3, -0.25) is 9.59 Å². The minimum Gasteiger partial charge on any atom is -0.372 e. The van der Waals surface area contributed by atoms with E-state index in [1.807, 2.05) is 13.8 Å². The second-order valence-electron chi connectivity index (χ2n) is 3.52. The summed E-state index contributed by atoms with van der Waals surface area (Å²) in [5.41, 5.74) is 0. The maximum atomic E-state index is 11.3. The molecule has 0 saturated carbocycles. The van der Waals surface area contributed by atoms with Crippen LogP contribution in [0.3, 0.4) is 0 Å². The van der Waals surface area contributed by atoms with Crippen LogP contribution in [0.4, 0.5) is 0 Å². The summed E-state index contributed by atoms with van der Waals surface area (Å²) in [4.78, 5) is 23.7. The smallest absolute Gasteiger partial charge is 0.289 e. The maximum absolute atomic E-state index is 11.3. The molecule has 0 N–H and O–H groups in total. The highest BCUT2D eigenvalue weighted by molar-refractivity contribution is 6.35. The first kappa shape index (κ1) is 10.2. The predicted molar refractivity (Wildman–Crippen MR) is 47.3 cm³/mol. The molecule has 0 spiro atoms. The molecule has 0 unspecified atom stereocenters. The van der Waals surface area contributed by atoms with Crippen LogP contribution in [-0.2, 0) is 14.3 Å². The Morgan fingerprint density at radius 3 is 2.08 bits per heavy atom. The molecular weight excluding hydrogens is 170 g/mol. The molecule has 0 bridgehead atoms. The molecule has 0 aliphatic carbocycles.